The van der Waals surface area contributed by atoms with Gasteiger partial charge in [-0.25, -0.2) is 0 Å². The van der Waals surface area contributed by atoms with Crippen molar-refractivity contribution in [3.63, 3.8) is 0 Å². The number of nitrogens with zero attached hydrogens (tertiary/aromatic N) is 1. The molecule has 5 heteroatoms. The molecule has 1 aliphatic heterocycles. The highest BCUT2D eigenvalue weighted by molar-refractivity contribution is 5.72. The van der Waals surface area contributed by atoms with Gasteiger partial charge < -0.3 is 19.5 Å². The Morgan fingerprint density at radius 2 is 1.96 bits per heavy atom. The molecular formula is C20H31NO4. The first-order chi connectivity index (χ1) is 11.9. The van der Waals surface area contributed by atoms with Crippen LogP contribution in [0.2, 0.25) is 0 Å². The van der Waals surface area contributed by atoms with Crippen molar-refractivity contribution < 1.29 is 19.4 Å². The summed E-state index contributed by atoms with van der Waals surface area (Å²) >= 11 is 0. The first-order valence-corrected chi connectivity index (χ1v) is 9.18. The number of hydrogen-bond donors (Lipinski definition) is 1. The highest BCUT2D eigenvalue weighted by atomic mass is 16.5. The molecule has 0 amide bonds. The summed E-state index contributed by atoms with van der Waals surface area (Å²) in [5.41, 5.74) is 3.48. The lowest BCUT2D eigenvalue weighted by Crippen LogP contribution is -2.42. The molecule has 0 aromatic heterocycles. The van der Waals surface area contributed by atoms with Gasteiger partial charge in [0, 0.05) is 6.54 Å². The van der Waals surface area contributed by atoms with Crippen molar-refractivity contribution in [1.29, 1.82) is 0 Å². The van der Waals surface area contributed by atoms with Crippen molar-refractivity contribution in [3.8, 4) is 5.75 Å². The molecule has 25 heavy (non-hydrogen) atoms. The Morgan fingerprint density at radius 1 is 1.28 bits per heavy atom. The molecule has 2 rings (SSSR count). The highest BCUT2D eigenvalue weighted by Crippen LogP contribution is 2.24. The van der Waals surface area contributed by atoms with Gasteiger partial charge in [0.1, 0.15) is 18.5 Å². The topological polar surface area (TPSA) is 59.0 Å². The van der Waals surface area contributed by atoms with Crippen molar-refractivity contribution in [1.82, 2.24) is 4.90 Å². The van der Waals surface area contributed by atoms with Gasteiger partial charge >= 0.3 is 5.97 Å². The van der Waals surface area contributed by atoms with Crippen LogP contribution in [0, 0.1) is 26.7 Å². The predicted molar refractivity (Wildman–Crippen MR) is 98.0 cm³/mol. The zero-order chi connectivity index (χ0) is 18.4. The molecule has 0 bridgehead atoms. The molecule has 1 N–H and O–H groups in total. The van der Waals surface area contributed by atoms with Gasteiger partial charge in [-0.3, -0.25) is 4.79 Å². The van der Waals surface area contributed by atoms with Crippen molar-refractivity contribution in [2.75, 3.05) is 32.8 Å². The second kappa shape index (κ2) is 9.20. The molecule has 0 spiro atoms. The number of carbonyl (C=O) groups is 1. The Bertz CT molecular complexity index is 579. The molecule has 0 radical (unpaired) electrons. The molecule has 1 aromatic carbocycles. The first-order valence-electron chi connectivity index (χ1n) is 9.18. The molecular weight excluding hydrogens is 318 g/mol. The van der Waals surface area contributed by atoms with Gasteiger partial charge in [-0.05, 0) is 76.4 Å². The molecule has 0 unspecified atom stereocenters. The molecule has 0 saturated carbocycles. The minimum atomic E-state index is -0.542. The maximum Gasteiger partial charge on any atom is 0.309 e. The van der Waals surface area contributed by atoms with E-state index in [0.29, 0.717) is 13.2 Å². The van der Waals surface area contributed by atoms with Gasteiger partial charge in [0.05, 0.1) is 12.5 Å². The van der Waals surface area contributed by atoms with Crippen LogP contribution in [0.15, 0.2) is 12.1 Å². The Labute approximate surface area is 150 Å². The van der Waals surface area contributed by atoms with E-state index in [1.54, 1.807) is 0 Å². The number of aliphatic hydroxyl groups is 1. The molecule has 1 atom stereocenters. The van der Waals surface area contributed by atoms with Crippen LogP contribution in [-0.2, 0) is 9.53 Å². The smallest absolute Gasteiger partial charge is 0.309 e. The van der Waals surface area contributed by atoms with E-state index in [1.165, 1.54) is 5.56 Å². The molecule has 1 aromatic rings. The summed E-state index contributed by atoms with van der Waals surface area (Å²) in [6, 6.07) is 4.15. The summed E-state index contributed by atoms with van der Waals surface area (Å²) in [4.78, 5) is 14.0. The van der Waals surface area contributed by atoms with Crippen LogP contribution in [0.25, 0.3) is 0 Å². The lowest BCUT2D eigenvalue weighted by atomic mass is 9.97. The summed E-state index contributed by atoms with van der Waals surface area (Å²) in [5, 5.41) is 10.3. The van der Waals surface area contributed by atoms with Crippen molar-refractivity contribution in [2.45, 2.75) is 46.6 Å². The third-order valence-corrected chi connectivity index (χ3v) is 4.87. The predicted octanol–water partition coefficient (Wildman–Crippen LogP) is 2.63. The van der Waals surface area contributed by atoms with E-state index in [2.05, 4.69) is 17.9 Å². The second-order valence-corrected chi connectivity index (χ2v) is 7.00. The lowest BCUT2D eigenvalue weighted by molar-refractivity contribution is -0.149. The zero-order valence-corrected chi connectivity index (χ0v) is 15.9. The quantitative estimate of drug-likeness (QED) is 0.767. The number of ether oxygens (including phenoxy) is 2. The minimum absolute atomic E-state index is 0.00233. The van der Waals surface area contributed by atoms with Crippen LogP contribution >= 0.6 is 0 Å². The molecule has 5 nitrogen and oxygen atoms in total. The van der Waals surface area contributed by atoms with E-state index in [4.69, 9.17) is 9.47 Å². The monoisotopic (exact) mass is 349 g/mol. The summed E-state index contributed by atoms with van der Waals surface area (Å²) in [6.07, 6.45) is 1.05. The fourth-order valence-corrected chi connectivity index (χ4v) is 3.30. The number of hydrogen-bond acceptors (Lipinski definition) is 5. The number of likely N-dealkylation sites (tertiary alicyclic amines) is 1. The van der Waals surface area contributed by atoms with Crippen molar-refractivity contribution >= 4 is 5.97 Å². The third-order valence-electron chi connectivity index (χ3n) is 4.87. The fraction of sp³-hybridized carbons (Fsp3) is 0.650. The van der Waals surface area contributed by atoms with Crippen LogP contribution in [0.5, 0.6) is 5.75 Å². The normalized spacial score (nSPS) is 17.3. The fourth-order valence-electron chi connectivity index (χ4n) is 3.30. The molecule has 1 aliphatic rings. The summed E-state index contributed by atoms with van der Waals surface area (Å²) in [6.45, 7) is 10.9. The minimum Gasteiger partial charge on any atom is -0.491 e. The lowest BCUT2D eigenvalue weighted by Gasteiger charge is -2.32. The standard InChI is InChI=1S/C20H31NO4/c1-5-24-20(23)17-6-8-21(9-7-17)12-18(22)13-25-19-11-14(2)10-15(3)16(19)4/h10-11,17-18,22H,5-9,12-13H2,1-4H3/t18-/m1/s1. The van der Waals surface area contributed by atoms with Gasteiger partial charge in [0.25, 0.3) is 0 Å². The van der Waals surface area contributed by atoms with E-state index < -0.39 is 6.10 Å². The Morgan fingerprint density at radius 3 is 2.60 bits per heavy atom. The van der Waals surface area contributed by atoms with Crippen LogP contribution in [0.4, 0.5) is 0 Å². The maximum atomic E-state index is 11.8. The van der Waals surface area contributed by atoms with Crippen LogP contribution in [-0.4, -0.2) is 54.9 Å². The Hall–Kier alpha value is -1.59. The number of aliphatic hydroxyl groups excluding tert-OH is 1. The average molecular weight is 349 g/mol. The van der Waals surface area contributed by atoms with Gasteiger partial charge in [0.2, 0.25) is 0 Å². The van der Waals surface area contributed by atoms with Crippen LogP contribution < -0.4 is 4.74 Å². The SMILES string of the molecule is CCOC(=O)C1CCN(C[C@@H](O)COc2cc(C)cc(C)c2C)CC1. The number of benzene rings is 1. The van der Waals surface area contributed by atoms with E-state index in [-0.39, 0.29) is 18.5 Å². The summed E-state index contributed by atoms with van der Waals surface area (Å²) in [5.74, 6) is 0.761. The van der Waals surface area contributed by atoms with E-state index in [1.807, 2.05) is 26.8 Å². The van der Waals surface area contributed by atoms with Gasteiger partial charge in [0.15, 0.2) is 0 Å². The summed E-state index contributed by atoms with van der Waals surface area (Å²) < 4.78 is 10.9. The largest absolute Gasteiger partial charge is 0.491 e. The first kappa shape index (κ1) is 19.7. The molecule has 1 saturated heterocycles. The van der Waals surface area contributed by atoms with E-state index in [9.17, 15) is 9.90 Å². The van der Waals surface area contributed by atoms with Crippen molar-refractivity contribution in [2.24, 2.45) is 5.92 Å². The molecule has 1 heterocycles. The number of aryl methyl sites for hydroxylation is 2. The molecule has 1 fully saturated rings. The van der Waals surface area contributed by atoms with E-state index in [0.717, 1.165) is 42.8 Å². The number of esters is 1. The van der Waals surface area contributed by atoms with Gasteiger partial charge in [-0.2, -0.15) is 0 Å². The van der Waals surface area contributed by atoms with Crippen LogP contribution in [0.3, 0.4) is 0 Å². The number of rotatable bonds is 7. The Balaban J connectivity index is 1.76. The summed E-state index contributed by atoms with van der Waals surface area (Å²) in [7, 11) is 0. The second-order valence-electron chi connectivity index (χ2n) is 7.00. The number of carbonyl (C=O) groups excluding carboxylic acids is 1. The van der Waals surface area contributed by atoms with Crippen LogP contribution in [0.1, 0.15) is 36.5 Å². The third kappa shape index (κ3) is 5.72. The number of piperidine rings is 1. The van der Waals surface area contributed by atoms with Gasteiger partial charge in [-0.1, -0.05) is 6.07 Å². The highest BCUT2D eigenvalue weighted by Gasteiger charge is 2.26. The average Bonchev–Trinajstić information content (AvgIpc) is 2.57. The molecule has 140 valence electrons. The van der Waals surface area contributed by atoms with E-state index >= 15 is 0 Å². The maximum absolute atomic E-state index is 11.8. The Kier molecular flexibility index (Phi) is 7.26. The van der Waals surface area contributed by atoms with Crippen molar-refractivity contribution in [3.05, 3.63) is 28.8 Å². The zero-order valence-electron chi connectivity index (χ0n) is 15.9. The van der Waals surface area contributed by atoms with Gasteiger partial charge in [-0.15, -0.1) is 0 Å². The number of β-amino-alcohol motifs (C(OH)–C–C–N with tert-alkyl or cyclic N) is 1. The molecule has 0 aliphatic carbocycles.